The molecule has 2 aromatic rings. The van der Waals surface area contributed by atoms with E-state index < -0.39 is 5.97 Å². The molecule has 0 atom stereocenters. The predicted molar refractivity (Wildman–Crippen MR) is 69.3 cm³/mol. The minimum atomic E-state index is -0.467. The molecule has 1 heterocycles. The Morgan fingerprint density at radius 2 is 2.06 bits per heavy atom. The van der Waals surface area contributed by atoms with Crippen molar-refractivity contribution in [2.24, 2.45) is 0 Å². The molecular weight excluding hydrogens is 252 g/mol. The molecule has 18 heavy (non-hydrogen) atoms. The summed E-state index contributed by atoms with van der Waals surface area (Å²) in [6.07, 6.45) is 0. The maximum absolute atomic E-state index is 11.5. The summed E-state index contributed by atoms with van der Waals surface area (Å²) in [6.45, 7) is 4.06. The van der Waals surface area contributed by atoms with Gasteiger partial charge in [-0.15, -0.1) is 0 Å². The molecule has 0 bridgehead atoms. The number of aryl methyl sites for hydroxylation is 1. The van der Waals surface area contributed by atoms with E-state index in [1.165, 1.54) is 10.7 Å². The Labute approximate surface area is 110 Å². The van der Waals surface area contributed by atoms with Crippen molar-refractivity contribution in [2.75, 3.05) is 6.61 Å². The van der Waals surface area contributed by atoms with Gasteiger partial charge in [0.2, 0.25) is 0 Å². The third kappa shape index (κ3) is 2.54. The van der Waals surface area contributed by atoms with Gasteiger partial charge < -0.3 is 4.74 Å². The molecule has 5 heteroatoms. The third-order valence-corrected chi connectivity index (χ3v) is 2.70. The molecule has 0 amide bonds. The van der Waals surface area contributed by atoms with Gasteiger partial charge in [0.1, 0.15) is 5.15 Å². The molecule has 0 saturated carbocycles. The molecule has 0 aliphatic rings. The van der Waals surface area contributed by atoms with Crippen molar-refractivity contribution in [3.63, 3.8) is 0 Å². The Hall–Kier alpha value is -1.81. The number of hydrogen-bond donors (Lipinski definition) is 0. The normalized spacial score (nSPS) is 10.4. The lowest BCUT2D eigenvalue weighted by molar-refractivity contribution is 0.0519. The average Bonchev–Trinajstić information content (AvgIpc) is 2.73. The number of ether oxygens (including phenoxy) is 1. The quantitative estimate of drug-likeness (QED) is 0.801. The molecule has 0 radical (unpaired) electrons. The number of carbonyl (C=O) groups excluding carboxylic acids is 1. The van der Waals surface area contributed by atoms with Gasteiger partial charge in [0.25, 0.3) is 0 Å². The van der Waals surface area contributed by atoms with Crippen molar-refractivity contribution in [3.05, 3.63) is 46.7 Å². The van der Waals surface area contributed by atoms with Crippen molar-refractivity contribution in [2.45, 2.75) is 13.8 Å². The van der Waals surface area contributed by atoms with Crippen LogP contribution in [-0.4, -0.2) is 22.4 Å². The van der Waals surface area contributed by atoms with Crippen LogP contribution < -0.4 is 0 Å². The van der Waals surface area contributed by atoms with Gasteiger partial charge in [-0.3, -0.25) is 0 Å². The number of aromatic nitrogens is 2. The van der Waals surface area contributed by atoms with Crippen LogP contribution in [0.5, 0.6) is 0 Å². The van der Waals surface area contributed by atoms with Crippen LogP contribution in [0.1, 0.15) is 23.0 Å². The Morgan fingerprint density at radius 3 is 2.67 bits per heavy atom. The summed E-state index contributed by atoms with van der Waals surface area (Å²) in [5.41, 5.74) is 2.16. The third-order valence-electron chi connectivity index (χ3n) is 2.43. The minimum Gasteiger partial charge on any atom is -0.461 e. The van der Waals surface area contributed by atoms with Crippen molar-refractivity contribution in [1.29, 1.82) is 0 Å². The van der Waals surface area contributed by atoms with Crippen molar-refractivity contribution in [1.82, 2.24) is 9.78 Å². The van der Waals surface area contributed by atoms with Crippen molar-refractivity contribution >= 4 is 17.6 Å². The molecule has 0 saturated heterocycles. The lowest BCUT2D eigenvalue weighted by atomic mass is 10.2. The summed E-state index contributed by atoms with van der Waals surface area (Å²) < 4.78 is 6.39. The molecule has 0 aliphatic heterocycles. The zero-order chi connectivity index (χ0) is 13.1. The van der Waals surface area contributed by atoms with Crippen LogP contribution in [-0.2, 0) is 4.74 Å². The van der Waals surface area contributed by atoms with Crippen LogP contribution in [0, 0.1) is 6.92 Å². The van der Waals surface area contributed by atoms with Gasteiger partial charge in [-0.2, -0.15) is 5.10 Å². The van der Waals surface area contributed by atoms with Crippen LogP contribution in [0.2, 0.25) is 5.15 Å². The molecular formula is C13H13ClN2O2. The van der Waals surface area contributed by atoms with Gasteiger partial charge in [0.05, 0.1) is 12.3 Å². The van der Waals surface area contributed by atoms with E-state index in [-0.39, 0.29) is 5.69 Å². The average molecular weight is 265 g/mol. The maximum atomic E-state index is 11.5. The second-order valence-electron chi connectivity index (χ2n) is 3.82. The van der Waals surface area contributed by atoms with Gasteiger partial charge in [-0.1, -0.05) is 29.3 Å². The van der Waals surface area contributed by atoms with Gasteiger partial charge >= 0.3 is 5.97 Å². The molecule has 0 N–H and O–H groups in total. The number of rotatable bonds is 3. The largest absolute Gasteiger partial charge is 0.461 e. The van der Waals surface area contributed by atoms with E-state index in [1.807, 2.05) is 31.2 Å². The van der Waals surface area contributed by atoms with Gasteiger partial charge in [-0.25, -0.2) is 9.48 Å². The number of carbonyl (C=O) groups is 1. The van der Waals surface area contributed by atoms with E-state index in [1.54, 1.807) is 6.92 Å². The number of halogens is 1. The maximum Gasteiger partial charge on any atom is 0.358 e. The first-order valence-electron chi connectivity index (χ1n) is 5.61. The molecule has 0 fully saturated rings. The summed E-state index contributed by atoms with van der Waals surface area (Å²) in [5.74, 6) is -0.467. The Bertz CT molecular complexity index is 561. The lowest BCUT2D eigenvalue weighted by Crippen LogP contribution is -2.06. The molecule has 4 nitrogen and oxygen atoms in total. The van der Waals surface area contributed by atoms with Gasteiger partial charge in [0.15, 0.2) is 5.69 Å². The van der Waals surface area contributed by atoms with Gasteiger partial charge in [0, 0.05) is 6.07 Å². The molecule has 1 aromatic carbocycles. The van der Waals surface area contributed by atoms with E-state index in [9.17, 15) is 4.79 Å². The number of esters is 1. The van der Waals surface area contributed by atoms with E-state index in [4.69, 9.17) is 16.3 Å². The van der Waals surface area contributed by atoms with Crippen LogP contribution in [0.4, 0.5) is 0 Å². The highest BCUT2D eigenvalue weighted by molar-refractivity contribution is 6.30. The molecule has 0 spiro atoms. The predicted octanol–water partition coefficient (Wildman–Crippen LogP) is 3.01. The Balaban J connectivity index is 2.34. The van der Waals surface area contributed by atoms with E-state index in [2.05, 4.69) is 5.10 Å². The van der Waals surface area contributed by atoms with Crippen LogP contribution in [0.15, 0.2) is 30.3 Å². The minimum absolute atomic E-state index is 0.211. The molecule has 94 valence electrons. The van der Waals surface area contributed by atoms with Crippen LogP contribution >= 0.6 is 11.6 Å². The first-order valence-corrected chi connectivity index (χ1v) is 5.99. The molecule has 1 aromatic heterocycles. The summed E-state index contributed by atoms with van der Waals surface area (Å²) in [7, 11) is 0. The summed E-state index contributed by atoms with van der Waals surface area (Å²) >= 11 is 6.06. The van der Waals surface area contributed by atoms with Crippen LogP contribution in [0.3, 0.4) is 0 Å². The fourth-order valence-electron chi connectivity index (χ4n) is 1.53. The first-order chi connectivity index (χ1) is 8.61. The topological polar surface area (TPSA) is 44.1 Å². The summed E-state index contributed by atoms with van der Waals surface area (Å²) in [4.78, 5) is 11.5. The number of hydrogen-bond acceptors (Lipinski definition) is 3. The number of nitrogens with zero attached hydrogens (tertiary/aromatic N) is 2. The summed E-state index contributed by atoms with van der Waals surface area (Å²) in [5, 5.41) is 4.52. The van der Waals surface area contributed by atoms with Crippen LogP contribution in [0.25, 0.3) is 5.69 Å². The standard InChI is InChI=1S/C13H13ClN2O2/c1-3-18-13(17)11-8-12(14)16(15-11)10-6-4-9(2)5-7-10/h4-8H,3H2,1-2H3. The zero-order valence-electron chi connectivity index (χ0n) is 10.2. The fraction of sp³-hybridized carbons (Fsp3) is 0.231. The van der Waals surface area contributed by atoms with E-state index >= 15 is 0 Å². The SMILES string of the molecule is CCOC(=O)c1cc(Cl)n(-c2ccc(C)cc2)n1. The number of benzene rings is 1. The highest BCUT2D eigenvalue weighted by Crippen LogP contribution is 2.18. The lowest BCUT2D eigenvalue weighted by Gasteiger charge is -2.03. The van der Waals surface area contributed by atoms with Crippen molar-refractivity contribution < 1.29 is 9.53 Å². The zero-order valence-corrected chi connectivity index (χ0v) is 10.9. The monoisotopic (exact) mass is 264 g/mol. The summed E-state index contributed by atoms with van der Waals surface area (Å²) in [6, 6.07) is 9.19. The second kappa shape index (κ2) is 5.23. The Morgan fingerprint density at radius 1 is 1.39 bits per heavy atom. The molecule has 2 rings (SSSR count). The van der Waals surface area contributed by atoms with E-state index in [0.29, 0.717) is 11.8 Å². The highest BCUT2D eigenvalue weighted by Gasteiger charge is 2.14. The highest BCUT2D eigenvalue weighted by atomic mass is 35.5. The smallest absolute Gasteiger partial charge is 0.358 e. The second-order valence-corrected chi connectivity index (χ2v) is 4.21. The Kier molecular flexibility index (Phi) is 3.67. The van der Waals surface area contributed by atoms with E-state index in [0.717, 1.165) is 11.3 Å². The van der Waals surface area contributed by atoms with Crippen molar-refractivity contribution in [3.8, 4) is 5.69 Å². The van der Waals surface area contributed by atoms with Gasteiger partial charge in [-0.05, 0) is 26.0 Å². The first kappa shape index (κ1) is 12.6. The fourth-order valence-corrected chi connectivity index (χ4v) is 1.77. The molecule has 0 unspecified atom stereocenters. The molecule has 0 aliphatic carbocycles.